The predicted octanol–water partition coefficient (Wildman–Crippen LogP) is 3.00. The Labute approximate surface area is 72.2 Å². The molecule has 11 heavy (non-hydrogen) atoms. The van der Waals surface area contributed by atoms with E-state index in [0.29, 0.717) is 0 Å². The maximum Gasteiger partial charge on any atom is 0.211 e. The average Bonchev–Trinajstić information content (AvgIpc) is 1.98. The van der Waals surface area contributed by atoms with Crippen molar-refractivity contribution in [2.75, 3.05) is 6.61 Å². The molecule has 0 aliphatic rings. The first-order chi connectivity index (χ1) is 5.20. The van der Waals surface area contributed by atoms with Gasteiger partial charge in [0.2, 0.25) is 9.04 Å². The minimum absolute atomic E-state index is 0.464. The van der Waals surface area contributed by atoms with Gasteiger partial charge in [-0.3, -0.25) is 0 Å². The van der Waals surface area contributed by atoms with Crippen molar-refractivity contribution >= 4 is 9.04 Å². The maximum atomic E-state index is 5.68. The molecule has 65 valence electrons. The van der Waals surface area contributed by atoms with Crippen LogP contribution in [0, 0.1) is 0 Å². The van der Waals surface area contributed by atoms with Crippen LogP contribution in [0.15, 0.2) is 11.6 Å². The monoisotopic (exact) mass is 171 g/mol. The molecule has 0 aromatic heterocycles. The molecule has 0 spiro atoms. The van der Waals surface area contributed by atoms with Gasteiger partial charge in [0.05, 0.1) is 6.61 Å². The van der Waals surface area contributed by atoms with E-state index in [9.17, 15) is 0 Å². The molecule has 0 rings (SSSR count). The van der Waals surface area contributed by atoms with Crippen LogP contribution in [0.3, 0.4) is 0 Å². The van der Waals surface area contributed by atoms with Gasteiger partial charge in [0.15, 0.2) is 0 Å². The summed E-state index contributed by atoms with van der Waals surface area (Å²) in [5.41, 5.74) is 1.35. The summed E-state index contributed by atoms with van der Waals surface area (Å²) >= 11 is 0. The molecule has 0 unspecified atom stereocenters. The van der Waals surface area contributed by atoms with E-state index in [4.69, 9.17) is 4.43 Å². The molecule has 0 heterocycles. The molecule has 0 aromatic carbocycles. The molecule has 1 nitrogen and oxygen atoms in total. The van der Waals surface area contributed by atoms with Crippen LogP contribution in [0.1, 0.15) is 27.7 Å². The van der Waals surface area contributed by atoms with Crippen molar-refractivity contribution in [2.45, 2.75) is 39.8 Å². The summed E-state index contributed by atoms with van der Waals surface area (Å²) in [5, 5.41) is 0. The van der Waals surface area contributed by atoms with Gasteiger partial charge in [0.25, 0.3) is 0 Å². The third-order valence-electron chi connectivity index (χ3n) is 1.57. The molecule has 0 saturated carbocycles. The molecule has 0 atom stereocenters. The Balaban J connectivity index is 3.43. The van der Waals surface area contributed by atoms with Gasteiger partial charge in [-0.15, -0.1) is 0 Å². The summed E-state index contributed by atoms with van der Waals surface area (Å²) in [5.74, 6) is 0. The van der Waals surface area contributed by atoms with Gasteiger partial charge in [-0.05, 0) is 25.9 Å². The van der Waals surface area contributed by atoms with Crippen LogP contribution in [-0.2, 0) is 4.43 Å². The third-order valence-corrected chi connectivity index (χ3v) is 3.72. The van der Waals surface area contributed by atoms with E-state index in [1.54, 1.807) is 0 Å². The van der Waals surface area contributed by atoms with Crippen molar-refractivity contribution in [1.29, 1.82) is 0 Å². The molecule has 0 bridgehead atoms. The lowest BCUT2D eigenvalue weighted by atomic mass is 10.3. The zero-order chi connectivity index (χ0) is 8.69. The fraction of sp³-hybridized carbons (Fsp3) is 0.778. The van der Waals surface area contributed by atoms with Crippen molar-refractivity contribution < 1.29 is 4.43 Å². The average molecular weight is 171 g/mol. The summed E-state index contributed by atoms with van der Waals surface area (Å²) in [4.78, 5) is 0. The molecule has 0 N–H and O–H groups in total. The highest BCUT2D eigenvalue weighted by atomic mass is 28.3. The van der Waals surface area contributed by atoms with Gasteiger partial charge < -0.3 is 4.43 Å². The Hall–Kier alpha value is -0.0831. The second-order valence-corrected chi connectivity index (χ2v) is 5.62. The van der Waals surface area contributed by atoms with Crippen LogP contribution in [-0.4, -0.2) is 15.6 Å². The second kappa shape index (κ2) is 6.62. The molecule has 0 aliphatic heterocycles. The number of hydrogen-bond acceptors (Lipinski definition) is 1. The summed E-state index contributed by atoms with van der Waals surface area (Å²) < 4.78 is 5.68. The van der Waals surface area contributed by atoms with E-state index in [-0.39, 0.29) is 0 Å². The highest BCUT2D eigenvalue weighted by molar-refractivity contribution is 6.51. The molecule has 0 saturated heterocycles. The summed E-state index contributed by atoms with van der Waals surface area (Å²) in [6.45, 7) is 9.44. The molecule has 0 aliphatic carbocycles. The first-order valence-electron chi connectivity index (χ1n) is 4.31. The number of hydrogen-bond donors (Lipinski definition) is 0. The summed E-state index contributed by atoms with van der Waals surface area (Å²) in [6.07, 6.45) is 2.15. The summed E-state index contributed by atoms with van der Waals surface area (Å²) in [6, 6.07) is 2.44. The van der Waals surface area contributed by atoms with Gasteiger partial charge in [0, 0.05) is 0 Å². The molecule has 1 radical (unpaired) electrons. The van der Waals surface area contributed by atoms with E-state index in [0.717, 1.165) is 6.61 Å². The lowest BCUT2D eigenvalue weighted by Crippen LogP contribution is -2.14. The van der Waals surface area contributed by atoms with Gasteiger partial charge in [-0.1, -0.05) is 25.5 Å². The van der Waals surface area contributed by atoms with Crippen LogP contribution in [0.4, 0.5) is 0 Å². The van der Waals surface area contributed by atoms with E-state index in [1.807, 2.05) is 0 Å². The fourth-order valence-corrected chi connectivity index (χ4v) is 2.01. The second-order valence-electron chi connectivity index (χ2n) is 2.84. The molecule has 2 heteroatoms. The van der Waals surface area contributed by atoms with Crippen LogP contribution in [0.2, 0.25) is 12.1 Å². The highest BCUT2D eigenvalue weighted by Gasteiger charge is 2.04. The van der Waals surface area contributed by atoms with Crippen molar-refractivity contribution in [1.82, 2.24) is 0 Å². The lowest BCUT2D eigenvalue weighted by Gasteiger charge is -2.08. The standard InChI is InChI=1S/C9H19OSi/c1-5-11(6-2)10-8-7-9(3)4/h7H,5-6,8H2,1-4H3. The molecular formula is C9H19OSi. The van der Waals surface area contributed by atoms with Crippen molar-refractivity contribution in [3.63, 3.8) is 0 Å². The van der Waals surface area contributed by atoms with Crippen LogP contribution >= 0.6 is 0 Å². The molecule has 0 fully saturated rings. The topological polar surface area (TPSA) is 9.23 Å². The van der Waals surface area contributed by atoms with Crippen molar-refractivity contribution in [3.05, 3.63) is 11.6 Å². The molecular weight excluding hydrogens is 152 g/mol. The van der Waals surface area contributed by atoms with E-state index in [2.05, 4.69) is 33.8 Å². The van der Waals surface area contributed by atoms with Gasteiger partial charge in [-0.25, -0.2) is 0 Å². The fourth-order valence-electron chi connectivity index (χ4n) is 0.780. The Bertz CT molecular complexity index is 113. The Morgan fingerprint density at radius 1 is 1.27 bits per heavy atom. The Morgan fingerprint density at radius 3 is 2.18 bits per heavy atom. The predicted molar refractivity (Wildman–Crippen MR) is 52.1 cm³/mol. The summed E-state index contributed by atoms with van der Waals surface area (Å²) in [7, 11) is -0.464. The number of rotatable bonds is 5. The third kappa shape index (κ3) is 6.32. The molecule has 0 aromatic rings. The van der Waals surface area contributed by atoms with Crippen LogP contribution < -0.4 is 0 Å². The lowest BCUT2D eigenvalue weighted by molar-refractivity contribution is 0.365. The zero-order valence-corrected chi connectivity index (χ0v) is 9.11. The van der Waals surface area contributed by atoms with Crippen molar-refractivity contribution in [2.24, 2.45) is 0 Å². The van der Waals surface area contributed by atoms with E-state index < -0.39 is 9.04 Å². The van der Waals surface area contributed by atoms with Crippen LogP contribution in [0.25, 0.3) is 0 Å². The van der Waals surface area contributed by atoms with Gasteiger partial charge in [-0.2, -0.15) is 0 Å². The number of allylic oxidation sites excluding steroid dienone is 1. The quantitative estimate of drug-likeness (QED) is 0.456. The Morgan fingerprint density at radius 2 is 1.82 bits per heavy atom. The highest BCUT2D eigenvalue weighted by Crippen LogP contribution is 2.00. The smallest absolute Gasteiger partial charge is 0.211 e. The van der Waals surface area contributed by atoms with E-state index >= 15 is 0 Å². The maximum absolute atomic E-state index is 5.68. The minimum atomic E-state index is -0.464. The van der Waals surface area contributed by atoms with Gasteiger partial charge >= 0.3 is 0 Å². The first kappa shape index (κ1) is 10.9. The largest absolute Gasteiger partial charge is 0.413 e. The van der Waals surface area contributed by atoms with Crippen molar-refractivity contribution in [3.8, 4) is 0 Å². The van der Waals surface area contributed by atoms with E-state index in [1.165, 1.54) is 17.7 Å². The van der Waals surface area contributed by atoms with Crippen LogP contribution in [0.5, 0.6) is 0 Å². The normalized spacial score (nSPS) is 10.3. The first-order valence-corrected chi connectivity index (χ1v) is 6.13. The molecule has 0 amide bonds. The SMILES string of the molecule is CC[Si](CC)OCC=C(C)C. The Kier molecular flexibility index (Phi) is 6.57. The van der Waals surface area contributed by atoms with Gasteiger partial charge in [0.1, 0.15) is 0 Å². The minimum Gasteiger partial charge on any atom is -0.413 e. The zero-order valence-electron chi connectivity index (χ0n) is 8.11.